The molecule has 0 fully saturated rings. The molecule has 0 spiro atoms. The molecule has 2 N–H and O–H groups in total. The van der Waals surface area contributed by atoms with Crippen LogP contribution in [0.25, 0.3) is 0 Å². The number of ether oxygens (including phenoxy) is 2. The van der Waals surface area contributed by atoms with Gasteiger partial charge in [-0.25, -0.2) is 0 Å². The molecule has 76 valence electrons. The summed E-state index contributed by atoms with van der Waals surface area (Å²) >= 11 is 1.64. The summed E-state index contributed by atoms with van der Waals surface area (Å²) in [5.41, 5.74) is 6.99. The molecule has 2 rings (SSSR count). The first-order valence-electron chi connectivity index (χ1n) is 4.46. The van der Waals surface area contributed by atoms with Crippen molar-refractivity contribution in [2.45, 2.75) is 17.9 Å². The summed E-state index contributed by atoms with van der Waals surface area (Å²) in [5.74, 6) is 1.66. The second kappa shape index (κ2) is 3.71. The van der Waals surface area contributed by atoms with E-state index < -0.39 is 0 Å². The summed E-state index contributed by atoms with van der Waals surface area (Å²) < 4.78 is 10.7. The minimum Gasteiger partial charge on any atom is -0.454 e. The van der Waals surface area contributed by atoms with Crippen LogP contribution in [-0.2, 0) is 0 Å². The van der Waals surface area contributed by atoms with E-state index in [1.54, 1.807) is 11.8 Å². The Morgan fingerprint density at radius 3 is 2.86 bits per heavy atom. The Bertz CT molecular complexity index is 352. The van der Waals surface area contributed by atoms with E-state index in [0.29, 0.717) is 6.79 Å². The third kappa shape index (κ3) is 1.44. The first-order chi connectivity index (χ1) is 6.74. The molecule has 3 nitrogen and oxygen atoms in total. The van der Waals surface area contributed by atoms with Crippen molar-refractivity contribution in [3.8, 4) is 11.5 Å². The number of thioether (sulfide) groups is 1. The first kappa shape index (κ1) is 9.68. The Kier molecular flexibility index (Phi) is 2.56. The predicted molar refractivity (Wildman–Crippen MR) is 56.9 cm³/mol. The normalized spacial score (nSPS) is 15.6. The van der Waals surface area contributed by atoms with Crippen molar-refractivity contribution in [3.05, 3.63) is 17.7 Å². The van der Waals surface area contributed by atoms with Gasteiger partial charge in [0.1, 0.15) is 0 Å². The summed E-state index contributed by atoms with van der Waals surface area (Å²) in [6.45, 7) is 2.28. The Balaban J connectivity index is 2.54. The third-order valence-corrected chi connectivity index (χ3v) is 3.05. The Morgan fingerprint density at radius 2 is 2.21 bits per heavy atom. The van der Waals surface area contributed by atoms with E-state index in [9.17, 15) is 0 Å². The number of hydrogen-bond acceptors (Lipinski definition) is 4. The standard InChI is InChI=1S/C10H13NO2S/c1-6(11)7-3-4-8-9(10(7)14-2)13-5-12-8/h3-4,6H,5,11H2,1-2H3. The molecule has 0 saturated carbocycles. The maximum atomic E-state index is 5.87. The van der Waals surface area contributed by atoms with Crippen LogP contribution in [0.2, 0.25) is 0 Å². The largest absolute Gasteiger partial charge is 0.454 e. The number of benzene rings is 1. The van der Waals surface area contributed by atoms with Gasteiger partial charge in [-0.15, -0.1) is 11.8 Å². The highest BCUT2D eigenvalue weighted by molar-refractivity contribution is 7.98. The summed E-state index contributed by atoms with van der Waals surface area (Å²) in [6, 6.07) is 3.94. The molecular weight excluding hydrogens is 198 g/mol. The molecule has 0 amide bonds. The van der Waals surface area contributed by atoms with Gasteiger partial charge < -0.3 is 15.2 Å². The van der Waals surface area contributed by atoms with Crippen LogP contribution >= 0.6 is 11.8 Å². The molecule has 1 atom stereocenters. The van der Waals surface area contributed by atoms with E-state index >= 15 is 0 Å². The van der Waals surface area contributed by atoms with E-state index in [0.717, 1.165) is 22.0 Å². The van der Waals surface area contributed by atoms with Crippen molar-refractivity contribution < 1.29 is 9.47 Å². The van der Waals surface area contributed by atoms with Crippen LogP contribution in [0.4, 0.5) is 0 Å². The maximum absolute atomic E-state index is 5.87. The van der Waals surface area contributed by atoms with Crippen LogP contribution < -0.4 is 15.2 Å². The predicted octanol–water partition coefficient (Wildman–Crippen LogP) is 2.16. The second-order valence-electron chi connectivity index (χ2n) is 3.21. The molecule has 1 unspecified atom stereocenters. The van der Waals surface area contributed by atoms with Gasteiger partial charge in [-0.05, 0) is 24.8 Å². The molecule has 0 saturated heterocycles. The zero-order valence-electron chi connectivity index (χ0n) is 8.24. The number of fused-ring (bicyclic) bond motifs is 1. The quantitative estimate of drug-likeness (QED) is 0.761. The Morgan fingerprint density at radius 1 is 1.43 bits per heavy atom. The van der Waals surface area contributed by atoms with Gasteiger partial charge in [-0.3, -0.25) is 0 Å². The van der Waals surface area contributed by atoms with Gasteiger partial charge in [0.05, 0.1) is 4.90 Å². The molecule has 0 radical (unpaired) electrons. The molecule has 1 aromatic carbocycles. The zero-order chi connectivity index (χ0) is 10.1. The molecule has 0 aliphatic carbocycles. The number of hydrogen-bond donors (Lipinski definition) is 1. The van der Waals surface area contributed by atoms with Crippen molar-refractivity contribution in [2.75, 3.05) is 13.0 Å². The average molecular weight is 211 g/mol. The van der Waals surface area contributed by atoms with Crippen LogP contribution in [0.1, 0.15) is 18.5 Å². The fourth-order valence-electron chi connectivity index (χ4n) is 1.53. The van der Waals surface area contributed by atoms with E-state index in [2.05, 4.69) is 0 Å². The minimum absolute atomic E-state index is 0.0203. The molecule has 0 bridgehead atoms. The fourth-order valence-corrected chi connectivity index (χ4v) is 2.37. The van der Waals surface area contributed by atoms with Crippen molar-refractivity contribution >= 4 is 11.8 Å². The molecule has 14 heavy (non-hydrogen) atoms. The number of rotatable bonds is 2. The van der Waals surface area contributed by atoms with Gasteiger partial charge >= 0.3 is 0 Å². The van der Waals surface area contributed by atoms with Crippen molar-refractivity contribution in [1.82, 2.24) is 0 Å². The van der Waals surface area contributed by atoms with Crippen LogP contribution in [0, 0.1) is 0 Å². The van der Waals surface area contributed by atoms with E-state index in [1.807, 2.05) is 25.3 Å². The van der Waals surface area contributed by atoms with Gasteiger partial charge in [0.15, 0.2) is 11.5 Å². The van der Waals surface area contributed by atoms with Crippen molar-refractivity contribution in [2.24, 2.45) is 5.73 Å². The number of nitrogens with two attached hydrogens (primary N) is 1. The van der Waals surface area contributed by atoms with Crippen LogP contribution in [0.3, 0.4) is 0 Å². The Hall–Kier alpha value is -0.870. The molecule has 4 heteroatoms. The highest BCUT2D eigenvalue weighted by atomic mass is 32.2. The molecule has 1 heterocycles. The SMILES string of the molecule is CSc1c(C(C)N)ccc2c1OCO2. The highest BCUT2D eigenvalue weighted by Crippen LogP contribution is 2.43. The Labute approximate surface area is 87.6 Å². The van der Waals surface area contributed by atoms with E-state index in [-0.39, 0.29) is 6.04 Å². The van der Waals surface area contributed by atoms with Crippen LogP contribution in [0.15, 0.2) is 17.0 Å². The van der Waals surface area contributed by atoms with Gasteiger partial charge in [-0.1, -0.05) is 6.07 Å². The average Bonchev–Trinajstić information content (AvgIpc) is 2.63. The second-order valence-corrected chi connectivity index (χ2v) is 4.03. The van der Waals surface area contributed by atoms with Crippen LogP contribution in [-0.4, -0.2) is 13.0 Å². The van der Waals surface area contributed by atoms with Gasteiger partial charge in [-0.2, -0.15) is 0 Å². The molecule has 1 aromatic rings. The van der Waals surface area contributed by atoms with E-state index in [4.69, 9.17) is 15.2 Å². The summed E-state index contributed by atoms with van der Waals surface area (Å²) in [4.78, 5) is 1.09. The minimum atomic E-state index is 0.0203. The molecule has 0 aromatic heterocycles. The highest BCUT2D eigenvalue weighted by Gasteiger charge is 2.21. The molecule has 1 aliphatic heterocycles. The lowest BCUT2D eigenvalue weighted by Crippen LogP contribution is -2.06. The monoisotopic (exact) mass is 211 g/mol. The zero-order valence-corrected chi connectivity index (χ0v) is 9.06. The van der Waals surface area contributed by atoms with Gasteiger partial charge in [0.25, 0.3) is 0 Å². The lowest BCUT2D eigenvalue weighted by atomic mass is 10.1. The fraction of sp³-hybridized carbons (Fsp3) is 0.400. The lowest BCUT2D eigenvalue weighted by molar-refractivity contribution is 0.172. The summed E-state index contributed by atoms with van der Waals surface area (Å²) in [6.07, 6.45) is 2.02. The van der Waals surface area contributed by atoms with Crippen molar-refractivity contribution in [3.63, 3.8) is 0 Å². The third-order valence-electron chi connectivity index (χ3n) is 2.22. The topological polar surface area (TPSA) is 44.5 Å². The van der Waals surface area contributed by atoms with E-state index in [1.165, 1.54) is 0 Å². The van der Waals surface area contributed by atoms with Crippen molar-refractivity contribution in [1.29, 1.82) is 0 Å². The van der Waals surface area contributed by atoms with Crippen LogP contribution in [0.5, 0.6) is 11.5 Å². The van der Waals surface area contributed by atoms with Gasteiger partial charge in [0.2, 0.25) is 6.79 Å². The first-order valence-corrected chi connectivity index (χ1v) is 5.68. The summed E-state index contributed by atoms with van der Waals surface area (Å²) in [5, 5.41) is 0. The lowest BCUT2D eigenvalue weighted by Gasteiger charge is -2.12. The maximum Gasteiger partial charge on any atom is 0.231 e. The molecular formula is C10H13NO2S. The van der Waals surface area contributed by atoms with Gasteiger partial charge in [0, 0.05) is 6.04 Å². The summed E-state index contributed by atoms with van der Waals surface area (Å²) in [7, 11) is 0. The smallest absolute Gasteiger partial charge is 0.231 e. The molecule has 1 aliphatic rings.